The van der Waals surface area contributed by atoms with Gasteiger partial charge >= 0.3 is 0 Å². The molecule has 0 aliphatic heterocycles. The number of aliphatic hydroxyl groups excluding tert-OH is 1. The van der Waals surface area contributed by atoms with Crippen molar-refractivity contribution >= 4 is 0 Å². The Balaban J connectivity index is 0.000000785. The van der Waals surface area contributed by atoms with Crippen LogP contribution in [0, 0.1) is 29.1 Å². The largest absolute Gasteiger partial charge is 0.394 e. The molecule has 0 saturated heterocycles. The summed E-state index contributed by atoms with van der Waals surface area (Å²) >= 11 is 0. The second kappa shape index (κ2) is 12.4. The van der Waals surface area contributed by atoms with Crippen LogP contribution in [0.5, 0.6) is 0 Å². The summed E-state index contributed by atoms with van der Waals surface area (Å²) in [6.45, 7) is 17.7. The van der Waals surface area contributed by atoms with Gasteiger partial charge in [0.25, 0.3) is 0 Å². The van der Waals surface area contributed by atoms with Gasteiger partial charge in [-0.2, -0.15) is 0 Å². The highest BCUT2D eigenvalue weighted by atomic mass is 16.3. The smallest absolute Gasteiger partial charge is 0.0483 e. The van der Waals surface area contributed by atoms with Crippen molar-refractivity contribution in [1.82, 2.24) is 0 Å². The van der Waals surface area contributed by atoms with E-state index < -0.39 is 0 Å². The first-order chi connectivity index (χ1) is 14.6. The Labute approximate surface area is 194 Å². The van der Waals surface area contributed by atoms with Gasteiger partial charge in [0.1, 0.15) is 0 Å². The summed E-state index contributed by atoms with van der Waals surface area (Å²) < 4.78 is 0. The Kier molecular flexibility index (Phi) is 10.6. The third kappa shape index (κ3) is 7.62. The Hall–Kier alpha value is -0.820. The quantitative estimate of drug-likeness (QED) is 0.447. The maximum absolute atomic E-state index is 8.06. The summed E-state index contributed by atoms with van der Waals surface area (Å²) in [7, 11) is 0. The molecule has 0 spiro atoms. The SMILES string of the molecule is C=C1CCCC/C1=C/C=C1\CCCC2(C)C1CCC2[C@H](C)CCCC(C)C.CC(C)O. The van der Waals surface area contributed by atoms with Crippen LogP contribution in [0.15, 0.2) is 35.5 Å². The van der Waals surface area contributed by atoms with Crippen molar-refractivity contribution < 1.29 is 5.11 Å². The van der Waals surface area contributed by atoms with Crippen molar-refractivity contribution in [2.45, 2.75) is 125 Å². The fourth-order valence-electron chi connectivity index (χ4n) is 6.66. The second-order valence-electron chi connectivity index (χ2n) is 11.7. The molecule has 0 aromatic heterocycles. The summed E-state index contributed by atoms with van der Waals surface area (Å²) in [6.07, 6.45) is 21.3. The predicted molar refractivity (Wildman–Crippen MR) is 137 cm³/mol. The van der Waals surface area contributed by atoms with Crippen molar-refractivity contribution in [2.24, 2.45) is 29.1 Å². The van der Waals surface area contributed by atoms with Gasteiger partial charge in [-0.15, -0.1) is 0 Å². The summed E-state index contributed by atoms with van der Waals surface area (Å²) in [6, 6.07) is 0. The topological polar surface area (TPSA) is 20.2 Å². The van der Waals surface area contributed by atoms with Gasteiger partial charge in [0, 0.05) is 6.10 Å². The third-order valence-electron chi connectivity index (χ3n) is 8.29. The minimum Gasteiger partial charge on any atom is -0.394 e. The van der Waals surface area contributed by atoms with Gasteiger partial charge in [-0.05, 0) is 106 Å². The molecule has 0 bridgehead atoms. The maximum Gasteiger partial charge on any atom is 0.0483 e. The molecular formula is C30H52O. The van der Waals surface area contributed by atoms with E-state index in [9.17, 15) is 0 Å². The van der Waals surface area contributed by atoms with Crippen LogP contribution >= 0.6 is 0 Å². The monoisotopic (exact) mass is 428 g/mol. The highest BCUT2D eigenvalue weighted by molar-refractivity contribution is 5.35. The fourth-order valence-corrected chi connectivity index (χ4v) is 6.66. The molecule has 3 rings (SSSR count). The van der Waals surface area contributed by atoms with Gasteiger partial charge in [0.05, 0.1) is 0 Å². The van der Waals surface area contributed by atoms with Gasteiger partial charge in [-0.3, -0.25) is 0 Å². The molecule has 0 amide bonds. The third-order valence-corrected chi connectivity index (χ3v) is 8.29. The van der Waals surface area contributed by atoms with E-state index in [0.29, 0.717) is 5.41 Å². The van der Waals surface area contributed by atoms with Crippen LogP contribution in [0.2, 0.25) is 0 Å². The molecule has 178 valence electrons. The average Bonchev–Trinajstić information content (AvgIpc) is 3.04. The molecule has 1 nitrogen and oxygen atoms in total. The van der Waals surface area contributed by atoms with Crippen LogP contribution in [0.25, 0.3) is 0 Å². The molecule has 0 radical (unpaired) electrons. The zero-order valence-corrected chi connectivity index (χ0v) is 21.7. The van der Waals surface area contributed by atoms with Crippen LogP contribution in [0.3, 0.4) is 0 Å². The fraction of sp³-hybridized carbons (Fsp3) is 0.800. The number of hydrogen-bond donors (Lipinski definition) is 1. The zero-order chi connectivity index (χ0) is 23.0. The van der Waals surface area contributed by atoms with Gasteiger partial charge < -0.3 is 5.11 Å². The van der Waals surface area contributed by atoms with Crippen LogP contribution in [0.4, 0.5) is 0 Å². The van der Waals surface area contributed by atoms with Gasteiger partial charge in [-0.25, -0.2) is 0 Å². The number of aliphatic hydroxyl groups is 1. The van der Waals surface area contributed by atoms with E-state index in [1.807, 2.05) is 0 Å². The van der Waals surface area contributed by atoms with E-state index in [4.69, 9.17) is 5.11 Å². The first-order valence-electron chi connectivity index (χ1n) is 13.4. The number of rotatable bonds is 6. The molecule has 3 aliphatic carbocycles. The molecule has 0 aromatic rings. The Morgan fingerprint density at radius 2 is 1.65 bits per heavy atom. The Morgan fingerprint density at radius 1 is 0.968 bits per heavy atom. The summed E-state index contributed by atoms with van der Waals surface area (Å²) in [5.74, 6) is 3.54. The number of allylic oxidation sites excluding steroid dienone is 5. The van der Waals surface area contributed by atoms with Crippen molar-refractivity contribution in [3.05, 3.63) is 35.5 Å². The van der Waals surface area contributed by atoms with Crippen LogP contribution in [-0.2, 0) is 0 Å². The molecule has 3 fully saturated rings. The zero-order valence-electron chi connectivity index (χ0n) is 21.7. The highest BCUT2D eigenvalue weighted by Gasteiger charge is 2.50. The van der Waals surface area contributed by atoms with Crippen molar-refractivity contribution in [3.63, 3.8) is 0 Å². The van der Waals surface area contributed by atoms with Gasteiger partial charge in [0.2, 0.25) is 0 Å². The highest BCUT2D eigenvalue weighted by Crippen LogP contribution is 2.59. The lowest BCUT2D eigenvalue weighted by Crippen LogP contribution is -2.36. The van der Waals surface area contributed by atoms with Crippen molar-refractivity contribution in [3.8, 4) is 0 Å². The molecule has 4 atom stereocenters. The number of fused-ring (bicyclic) bond motifs is 1. The molecular weight excluding hydrogens is 376 g/mol. The lowest BCUT2D eigenvalue weighted by Gasteiger charge is -2.44. The lowest BCUT2D eigenvalue weighted by molar-refractivity contribution is 0.0929. The summed E-state index contributed by atoms with van der Waals surface area (Å²) in [4.78, 5) is 0. The Morgan fingerprint density at radius 3 is 2.29 bits per heavy atom. The molecule has 1 N–H and O–H groups in total. The minimum atomic E-state index is -0.167. The predicted octanol–water partition coefficient (Wildman–Crippen LogP) is 9.04. The van der Waals surface area contributed by atoms with Crippen LogP contribution in [-0.4, -0.2) is 11.2 Å². The van der Waals surface area contributed by atoms with E-state index in [-0.39, 0.29) is 6.10 Å². The summed E-state index contributed by atoms with van der Waals surface area (Å²) in [5, 5.41) is 8.06. The number of hydrogen-bond acceptors (Lipinski definition) is 1. The van der Waals surface area contributed by atoms with Gasteiger partial charge in [-0.1, -0.05) is 76.8 Å². The molecule has 31 heavy (non-hydrogen) atoms. The van der Waals surface area contributed by atoms with E-state index in [0.717, 1.165) is 23.7 Å². The minimum absolute atomic E-state index is 0.167. The molecule has 3 saturated carbocycles. The standard InChI is InChI=1S/C27H44.C3H8O/c1-20(2)10-8-12-22(4)25-17-18-26-24(14-9-19-27(25,26)5)16-15-23-13-7-6-11-21(23)3;1-3(2)4/h15-16,20,22,25-26H,3,6-14,17-19H2,1-2,4-5H3;3-4H,1-2H3/b23-15-,24-16+;/t22-,25?,26?,27?;/m1./s1. The normalized spacial score (nSPS) is 32.4. The lowest BCUT2D eigenvalue weighted by atomic mass is 9.60. The van der Waals surface area contributed by atoms with E-state index in [1.54, 1.807) is 19.4 Å². The average molecular weight is 429 g/mol. The first-order valence-corrected chi connectivity index (χ1v) is 13.4. The Bertz CT molecular complexity index is 620. The molecule has 3 unspecified atom stereocenters. The van der Waals surface area contributed by atoms with Crippen molar-refractivity contribution in [2.75, 3.05) is 0 Å². The van der Waals surface area contributed by atoms with Gasteiger partial charge in [0.15, 0.2) is 0 Å². The second-order valence-corrected chi connectivity index (χ2v) is 11.7. The van der Waals surface area contributed by atoms with Crippen LogP contribution < -0.4 is 0 Å². The van der Waals surface area contributed by atoms with E-state index in [1.165, 1.54) is 88.2 Å². The van der Waals surface area contributed by atoms with E-state index >= 15 is 0 Å². The maximum atomic E-state index is 8.06. The van der Waals surface area contributed by atoms with Crippen LogP contribution in [0.1, 0.15) is 119 Å². The molecule has 3 aliphatic rings. The van der Waals surface area contributed by atoms with E-state index in [2.05, 4.69) is 46.4 Å². The first kappa shape index (κ1) is 26.4. The molecule has 1 heteroatoms. The summed E-state index contributed by atoms with van der Waals surface area (Å²) in [5.41, 5.74) is 5.27. The molecule has 0 heterocycles. The molecule has 0 aromatic carbocycles. The van der Waals surface area contributed by atoms with Crippen molar-refractivity contribution in [1.29, 1.82) is 0 Å².